The van der Waals surface area contributed by atoms with Gasteiger partial charge in [0.1, 0.15) is 11.2 Å². The molecular formula is C27H31NO. The lowest BCUT2D eigenvalue weighted by Crippen LogP contribution is -2.19. The Bertz CT molecular complexity index is 1870. The lowest BCUT2D eigenvalue weighted by atomic mass is 9.78. The fourth-order valence-electron chi connectivity index (χ4n) is 3.22. The van der Waals surface area contributed by atoms with Crippen LogP contribution in [0, 0.1) is 0 Å². The van der Waals surface area contributed by atoms with E-state index in [2.05, 4.69) is 4.98 Å². The summed E-state index contributed by atoms with van der Waals surface area (Å²) in [5, 5.41) is 0.526. The van der Waals surface area contributed by atoms with Crippen LogP contribution in [0.4, 0.5) is 0 Å². The quantitative estimate of drug-likeness (QED) is 0.342. The molecule has 2 nitrogen and oxygen atoms in total. The Hall–Kier alpha value is -2.61. The number of hydrogen-bond acceptors (Lipinski definition) is 2. The van der Waals surface area contributed by atoms with Crippen LogP contribution in [0.3, 0.4) is 0 Å². The molecule has 0 aliphatic rings. The maximum atomic E-state index is 8.59. The zero-order valence-corrected chi connectivity index (χ0v) is 15.1. The van der Waals surface area contributed by atoms with Crippen LogP contribution in [-0.4, -0.2) is 4.98 Å². The maximum absolute atomic E-state index is 8.59. The first kappa shape index (κ1) is 6.44. The zero-order chi connectivity index (χ0) is 39.4. The fourth-order valence-corrected chi connectivity index (χ4v) is 3.22. The van der Waals surface area contributed by atoms with Gasteiger partial charge >= 0.3 is 0 Å². The molecule has 0 amide bonds. The number of para-hydroxylation sites is 1. The molecule has 2 heterocycles. The normalized spacial score (nSPS) is 27.6. The van der Waals surface area contributed by atoms with Gasteiger partial charge in [0.15, 0.2) is 0 Å². The van der Waals surface area contributed by atoms with Crippen molar-refractivity contribution in [3.63, 3.8) is 0 Å². The standard InChI is InChI=1S/C27H31NO/c1-7-27(6,8-2)19-14-15-28-23(16-19)22-11-9-10-21-20-13-12-18(26(3,4)5)17-24(20)29-25(21)22/h9-17H,7-8H2,1-6H3/i1D3,2D3,3D3,4D3,5D3,6D3,7D2,8D2. The van der Waals surface area contributed by atoms with Crippen molar-refractivity contribution in [2.24, 2.45) is 0 Å². The minimum absolute atomic E-state index is 0.00385. The summed E-state index contributed by atoms with van der Waals surface area (Å²) in [7, 11) is 0. The number of hydrogen-bond donors (Lipinski definition) is 0. The average Bonchev–Trinajstić information content (AvgIpc) is 3.27. The van der Waals surface area contributed by atoms with Gasteiger partial charge in [-0.2, -0.15) is 0 Å². The second-order valence-electron chi connectivity index (χ2n) is 6.68. The summed E-state index contributed by atoms with van der Waals surface area (Å²) in [6, 6.07) is 9.30. The first-order chi connectivity index (χ1) is 22.6. The molecule has 0 radical (unpaired) electrons. The lowest BCUT2D eigenvalue weighted by molar-refractivity contribution is 0.438. The van der Waals surface area contributed by atoms with E-state index in [-0.39, 0.29) is 33.2 Å². The van der Waals surface area contributed by atoms with Crippen molar-refractivity contribution >= 4 is 21.9 Å². The first-order valence-electron chi connectivity index (χ1n) is 19.6. The number of rotatable bonds is 4. The molecule has 150 valence electrons. The highest BCUT2D eigenvalue weighted by Gasteiger charge is 2.23. The molecule has 0 bridgehead atoms. The molecule has 0 saturated heterocycles. The van der Waals surface area contributed by atoms with Crippen molar-refractivity contribution in [3.05, 3.63) is 65.9 Å². The summed E-state index contributed by atoms with van der Waals surface area (Å²) in [6.07, 6.45) is -7.16. The van der Waals surface area contributed by atoms with Crippen LogP contribution in [0.5, 0.6) is 0 Å². The van der Waals surface area contributed by atoms with E-state index in [1.165, 1.54) is 24.3 Å². The summed E-state index contributed by atoms with van der Waals surface area (Å²) in [4.78, 5) is 4.17. The maximum Gasteiger partial charge on any atom is 0.144 e. The molecule has 0 spiro atoms. The number of fused-ring (bicyclic) bond motifs is 3. The SMILES string of the molecule is [2H]C([2H])([2H])C([2H])([2H])C(c1ccnc(-c2cccc3c2oc2cc(C(C([2H])([2H])[2H])(C([2H])([2H])[2H])C([2H])([2H])[2H])ccc23)c1)(C([2H])([2H])[2H])C([2H])([2H])C([2H])([2H])[2H]. The van der Waals surface area contributed by atoms with Crippen molar-refractivity contribution in [2.75, 3.05) is 0 Å². The number of benzene rings is 2. The number of nitrogens with zero attached hydrogens (tertiary/aromatic N) is 1. The van der Waals surface area contributed by atoms with E-state index >= 15 is 0 Å². The lowest BCUT2D eigenvalue weighted by Gasteiger charge is -2.27. The predicted octanol–water partition coefficient (Wildman–Crippen LogP) is 8.02. The average molecular weight is 408 g/mol. The van der Waals surface area contributed by atoms with Crippen molar-refractivity contribution in [1.29, 1.82) is 0 Å². The summed E-state index contributed by atoms with van der Waals surface area (Å²) in [5.74, 6) is 0. The second kappa shape index (κ2) is 7.02. The van der Waals surface area contributed by atoms with Crippen molar-refractivity contribution < 1.29 is 34.6 Å². The van der Waals surface area contributed by atoms with Gasteiger partial charge in [0.25, 0.3) is 0 Å². The van der Waals surface area contributed by atoms with E-state index in [1.807, 2.05) is 0 Å². The summed E-state index contributed by atoms with van der Waals surface area (Å²) >= 11 is 0. The summed E-state index contributed by atoms with van der Waals surface area (Å²) in [6.45, 7) is -22.4. The van der Waals surface area contributed by atoms with Crippen LogP contribution in [0.2, 0.25) is 0 Å². The number of pyridine rings is 1. The monoisotopic (exact) mass is 407 g/mol. The van der Waals surface area contributed by atoms with Gasteiger partial charge in [-0.25, -0.2) is 0 Å². The Morgan fingerprint density at radius 1 is 0.931 bits per heavy atom. The molecule has 0 unspecified atom stereocenters. The Kier molecular flexibility index (Phi) is 1.56. The number of aromatic nitrogens is 1. The fraction of sp³-hybridized carbons (Fsp3) is 0.370. The molecule has 0 atom stereocenters. The van der Waals surface area contributed by atoms with Gasteiger partial charge in [0, 0.05) is 52.7 Å². The molecule has 4 aromatic rings. The Labute approximate surface area is 204 Å². The molecule has 0 aliphatic heterocycles. The largest absolute Gasteiger partial charge is 0.455 e. The van der Waals surface area contributed by atoms with Crippen molar-refractivity contribution in [1.82, 2.24) is 4.98 Å². The van der Waals surface area contributed by atoms with Gasteiger partial charge in [-0.05, 0) is 59.0 Å². The highest BCUT2D eigenvalue weighted by Crippen LogP contribution is 2.38. The molecule has 2 aromatic heterocycles. The molecule has 2 aromatic carbocycles. The van der Waals surface area contributed by atoms with Gasteiger partial charge in [-0.3, -0.25) is 4.98 Å². The van der Waals surface area contributed by atoms with Crippen LogP contribution in [0.25, 0.3) is 33.2 Å². The van der Waals surface area contributed by atoms with Crippen LogP contribution < -0.4 is 0 Å². The molecule has 0 N–H and O–H groups in total. The second-order valence-corrected chi connectivity index (χ2v) is 6.68. The van der Waals surface area contributed by atoms with Gasteiger partial charge in [-0.1, -0.05) is 65.4 Å². The molecule has 4 rings (SSSR count). The molecule has 29 heavy (non-hydrogen) atoms. The molecule has 2 heteroatoms. The van der Waals surface area contributed by atoms with E-state index in [1.54, 1.807) is 0 Å². The number of furan rings is 1. The van der Waals surface area contributed by atoms with Gasteiger partial charge in [0.2, 0.25) is 0 Å². The topological polar surface area (TPSA) is 26.0 Å². The molecule has 0 aliphatic carbocycles. The summed E-state index contributed by atoms with van der Waals surface area (Å²) < 4.78 is 185. The zero-order valence-electron chi connectivity index (χ0n) is 37.1. The molecule has 0 saturated carbocycles. The van der Waals surface area contributed by atoms with E-state index in [9.17, 15) is 0 Å². The Morgan fingerprint density at radius 3 is 2.55 bits per heavy atom. The minimum Gasteiger partial charge on any atom is -0.455 e. The van der Waals surface area contributed by atoms with Gasteiger partial charge in [0.05, 0.1) is 5.69 Å². The third kappa shape index (κ3) is 3.35. The summed E-state index contributed by atoms with van der Waals surface area (Å²) in [5.41, 5.74) is -9.15. The van der Waals surface area contributed by atoms with Crippen LogP contribution in [0.15, 0.2) is 59.1 Å². The van der Waals surface area contributed by atoms with Crippen molar-refractivity contribution in [2.45, 2.75) is 64.7 Å². The Balaban J connectivity index is 2.11. The molecular weight excluding hydrogens is 354 g/mol. The Morgan fingerprint density at radius 2 is 1.79 bits per heavy atom. The van der Waals surface area contributed by atoms with Crippen molar-refractivity contribution in [3.8, 4) is 11.3 Å². The minimum atomic E-state index is -4.04. The van der Waals surface area contributed by atoms with E-state index in [4.69, 9.17) is 34.6 Å². The predicted molar refractivity (Wildman–Crippen MR) is 124 cm³/mol. The first-order valence-corrected chi connectivity index (χ1v) is 8.57. The third-order valence-corrected chi connectivity index (χ3v) is 4.78. The smallest absolute Gasteiger partial charge is 0.144 e. The highest BCUT2D eigenvalue weighted by molar-refractivity contribution is 6.09. The van der Waals surface area contributed by atoms with E-state index in [0.717, 1.165) is 30.5 Å². The van der Waals surface area contributed by atoms with Crippen LogP contribution >= 0.6 is 0 Å². The molecule has 0 fully saturated rings. The van der Waals surface area contributed by atoms with Gasteiger partial charge < -0.3 is 4.42 Å². The van der Waals surface area contributed by atoms with E-state index < -0.39 is 75.8 Å². The van der Waals surface area contributed by atoms with Crippen LogP contribution in [0.1, 0.15) is 95.1 Å². The van der Waals surface area contributed by atoms with Gasteiger partial charge in [-0.15, -0.1) is 0 Å². The third-order valence-electron chi connectivity index (χ3n) is 4.78. The highest BCUT2D eigenvalue weighted by atomic mass is 16.3. The van der Waals surface area contributed by atoms with E-state index in [0.29, 0.717) is 0 Å². The van der Waals surface area contributed by atoms with Crippen LogP contribution in [-0.2, 0) is 10.8 Å².